The normalized spacial score (nSPS) is 17.5. The Morgan fingerprint density at radius 2 is 1.59 bits per heavy atom. The molecule has 0 spiro atoms. The summed E-state index contributed by atoms with van der Waals surface area (Å²) in [4.78, 5) is 27.4. The number of hydrogen-bond donors (Lipinski definition) is 2. The van der Waals surface area contributed by atoms with Gasteiger partial charge in [-0.3, -0.25) is 4.79 Å². The largest absolute Gasteiger partial charge is 0.497 e. The van der Waals surface area contributed by atoms with Crippen LogP contribution in [0.1, 0.15) is 17.2 Å². The zero-order chi connectivity index (χ0) is 22.8. The molecule has 0 aromatic heterocycles. The van der Waals surface area contributed by atoms with Gasteiger partial charge in [0.05, 0.1) is 52.3 Å². The minimum absolute atomic E-state index is 0.151. The minimum Gasteiger partial charge on any atom is -0.497 e. The average Bonchev–Trinajstić information content (AvgIpc) is 3.12. The third-order valence-electron chi connectivity index (χ3n) is 5.57. The van der Waals surface area contributed by atoms with Crippen LogP contribution in [0.5, 0.6) is 23.0 Å². The van der Waals surface area contributed by atoms with Crippen molar-refractivity contribution in [2.75, 3.05) is 35.0 Å². The number of nitrogens with zero attached hydrogens (tertiary/aromatic N) is 1. The zero-order valence-electron chi connectivity index (χ0n) is 18.4. The van der Waals surface area contributed by atoms with E-state index in [-0.39, 0.29) is 11.9 Å². The van der Waals surface area contributed by atoms with Crippen molar-refractivity contribution >= 4 is 11.9 Å². The van der Waals surface area contributed by atoms with E-state index in [1.165, 1.54) is 21.3 Å². The molecule has 2 aromatic rings. The number of carbonyl (C=O) groups is 2. The molecule has 0 fully saturated rings. The third kappa shape index (κ3) is 3.77. The van der Waals surface area contributed by atoms with Crippen molar-refractivity contribution in [3.63, 3.8) is 0 Å². The van der Waals surface area contributed by atoms with E-state index in [1.807, 2.05) is 24.3 Å². The number of rotatable bonds is 7. The van der Waals surface area contributed by atoms with Crippen LogP contribution in [-0.2, 0) is 11.3 Å². The van der Waals surface area contributed by atoms with Crippen molar-refractivity contribution in [2.45, 2.75) is 12.6 Å². The molecule has 0 unspecified atom stereocenters. The summed E-state index contributed by atoms with van der Waals surface area (Å²) in [6.07, 6.45) is 0. The summed E-state index contributed by atoms with van der Waals surface area (Å²) in [5, 5.41) is 5.63. The number of nitrogens with one attached hydrogen (secondary N) is 2. The van der Waals surface area contributed by atoms with E-state index in [0.717, 1.165) is 11.3 Å². The lowest BCUT2D eigenvalue weighted by Gasteiger charge is -2.26. The van der Waals surface area contributed by atoms with E-state index < -0.39 is 6.04 Å². The van der Waals surface area contributed by atoms with Gasteiger partial charge in [0.1, 0.15) is 5.75 Å². The van der Waals surface area contributed by atoms with E-state index >= 15 is 0 Å². The van der Waals surface area contributed by atoms with Crippen molar-refractivity contribution in [1.82, 2.24) is 15.5 Å². The summed E-state index contributed by atoms with van der Waals surface area (Å²) in [5.74, 6) is 1.92. The molecule has 1 atom stereocenters. The molecule has 32 heavy (non-hydrogen) atoms. The number of ether oxygens (including phenoxy) is 4. The average molecular weight is 439 g/mol. The molecular formula is C23H25N3O6. The Bertz CT molecular complexity index is 1050. The fourth-order valence-corrected chi connectivity index (χ4v) is 4.03. The second-order valence-electron chi connectivity index (χ2n) is 7.39. The molecule has 3 amide bonds. The fourth-order valence-electron chi connectivity index (χ4n) is 4.03. The van der Waals surface area contributed by atoms with Crippen molar-refractivity contribution in [2.24, 2.45) is 0 Å². The second-order valence-corrected chi connectivity index (χ2v) is 7.39. The van der Waals surface area contributed by atoms with Gasteiger partial charge >= 0.3 is 6.03 Å². The topological polar surface area (TPSA) is 98.4 Å². The van der Waals surface area contributed by atoms with Gasteiger partial charge in [-0.05, 0) is 35.4 Å². The molecule has 0 aliphatic carbocycles. The minimum atomic E-state index is -0.652. The van der Waals surface area contributed by atoms with Gasteiger partial charge in [-0.15, -0.1) is 0 Å². The van der Waals surface area contributed by atoms with E-state index in [1.54, 1.807) is 24.1 Å². The van der Waals surface area contributed by atoms with Gasteiger partial charge in [0, 0.05) is 6.54 Å². The molecule has 0 bridgehead atoms. The first-order valence-electron chi connectivity index (χ1n) is 10.0. The van der Waals surface area contributed by atoms with Crippen molar-refractivity contribution in [1.29, 1.82) is 0 Å². The second kappa shape index (κ2) is 8.70. The first-order chi connectivity index (χ1) is 15.5. The summed E-state index contributed by atoms with van der Waals surface area (Å²) in [7, 11) is 6.16. The van der Waals surface area contributed by atoms with Crippen LogP contribution in [-0.4, -0.2) is 51.8 Å². The Morgan fingerprint density at radius 1 is 0.938 bits per heavy atom. The number of carbonyl (C=O) groups excluding carboxylic acids is 2. The van der Waals surface area contributed by atoms with Gasteiger partial charge in [-0.25, -0.2) is 4.79 Å². The molecule has 2 heterocycles. The van der Waals surface area contributed by atoms with Gasteiger partial charge in [0.25, 0.3) is 5.91 Å². The molecule has 4 rings (SSSR count). The predicted molar refractivity (Wildman–Crippen MR) is 116 cm³/mol. The van der Waals surface area contributed by atoms with Gasteiger partial charge in [-0.1, -0.05) is 12.1 Å². The Labute approximate surface area is 185 Å². The Balaban J connectivity index is 1.65. The van der Waals surface area contributed by atoms with Crippen LogP contribution in [0.15, 0.2) is 47.7 Å². The summed E-state index contributed by atoms with van der Waals surface area (Å²) in [6, 6.07) is 9.98. The summed E-state index contributed by atoms with van der Waals surface area (Å²) in [5.41, 5.74) is 2.70. The molecule has 2 aromatic carbocycles. The SMILES string of the molecule is COc1ccc(CN2CC3=C(C2=O)[C@H](c2cc(OC)c(OC)c(OC)c2)NC(=O)N3)cc1. The lowest BCUT2D eigenvalue weighted by Crippen LogP contribution is -2.44. The molecular weight excluding hydrogens is 414 g/mol. The van der Waals surface area contributed by atoms with Crippen LogP contribution >= 0.6 is 0 Å². The van der Waals surface area contributed by atoms with Gasteiger partial charge in [-0.2, -0.15) is 0 Å². The quantitative estimate of drug-likeness (QED) is 0.687. The van der Waals surface area contributed by atoms with Crippen LogP contribution in [0.2, 0.25) is 0 Å². The maximum Gasteiger partial charge on any atom is 0.319 e. The number of benzene rings is 2. The van der Waals surface area contributed by atoms with Crippen molar-refractivity contribution < 1.29 is 28.5 Å². The van der Waals surface area contributed by atoms with Crippen LogP contribution in [0, 0.1) is 0 Å². The van der Waals surface area contributed by atoms with Gasteiger partial charge in [0.15, 0.2) is 11.5 Å². The number of methoxy groups -OCH3 is 4. The summed E-state index contributed by atoms with van der Waals surface area (Å²) >= 11 is 0. The Kier molecular flexibility index (Phi) is 5.81. The molecule has 2 aliphatic rings. The number of hydrogen-bond acceptors (Lipinski definition) is 6. The highest BCUT2D eigenvalue weighted by Gasteiger charge is 2.40. The third-order valence-corrected chi connectivity index (χ3v) is 5.57. The molecule has 9 heteroatoms. The number of amides is 3. The fraction of sp³-hybridized carbons (Fsp3) is 0.304. The summed E-state index contributed by atoms with van der Waals surface area (Å²) in [6.45, 7) is 0.724. The zero-order valence-corrected chi connectivity index (χ0v) is 18.4. The standard InChI is InChI=1S/C23H25N3O6/c1-29-15-7-5-13(6-8-15)11-26-12-16-19(22(26)27)20(25-23(28)24-16)14-9-17(30-2)21(32-4)18(10-14)31-3/h5-10,20H,11-12H2,1-4H3,(H2,24,25,28)/t20-/m0/s1. The molecule has 0 saturated heterocycles. The molecule has 9 nitrogen and oxygen atoms in total. The molecule has 168 valence electrons. The smallest absolute Gasteiger partial charge is 0.319 e. The highest BCUT2D eigenvalue weighted by Crippen LogP contribution is 2.42. The van der Waals surface area contributed by atoms with E-state index in [4.69, 9.17) is 18.9 Å². The number of urea groups is 1. The summed E-state index contributed by atoms with van der Waals surface area (Å²) < 4.78 is 21.5. The molecule has 0 radical (unpaired) electrons. The highest BCUT2D eigenvalue weighted by molar-refractivity contribution is 6.01. The maximum atomic E-state index is 13.4. The van der Waals surface area contributed by atoms with Gasteiger partial charge in [0.2, 0.25) is 5.75 Å². The van der Waals surface area contributed by atoms with Crippen molar-refractivity contribution in [3.05, 3.63) is 58.8 Å². The van der Waals surface area contributed by atoms with Crippen LogP contribution in [0.4, 0.5) is 4.79 Å². The maximum absolute atomic E-state index is 13.4. The lowest BCUT2D eigenvalue weighted by atomic mass is 9.95. The lowest BCUT2D eigenvalue weighted by molar-refractivity contribution is -0.126. The van der Waals surface area contributed by atoms with Crippen molar-refractivity contribution in [3.8, 4) is 23.0 Å². The van der Waals surface area contributed by atoms with Gasteiger partial charge < -0.3 is 34.5 Å². The van der Waals surface area contributed by atoms with Crippen LogP contribution in [0.3, 0.4) is 0 Å². The molecule has 0 saturated carbocycles. The first-order valence-corrected chi connectivity index (χ1v) is 10.0. The monoisotopic (exact) mass is 439 g/mol. The first kappa shape index (κ1) is 21.4. The van der Waals surface area contributed by atoms with Crippen LogP contribution < -0.4 is 29.6 Å². The van der Waals surface area contributed by atoms with E-state index in [9.17, 15) is 9.59 Å². The molecule has 2 aliphatic heterocycles. The Morgan fingerprint density at radius 3 is 2.16 bits per heavy atom. The van der Waals surface area contributed by atoms with E-state index in [0.29, 0.717) is 47.2 Å². The Hall–Kier alpha value is -3.88. The molecule has 2 N–H and O–H groups in total. The highest BCUT2D eigenvalue weighted by atomic mass is 16.5. The van der Waals surface area contributed by atoms with Crippen LogP contribution in [0.25, 0.3) is 0 Å². The van der Waals surface area contributed by atoms with E-state index in [2.05, 4.69) is 10.6 Å². The predicted octanol–water partition coefficient (Wildman–Crippen LogP) is 2.37.